The highest BCUT2D eigenvalue weighted by Crippen LogP contribution is 2.27. The van der Waals surface area contributed by atoms with Gasteiger partial charge in [0, 0.05) is 31.1 Å². The molecule has 1 saturated heterocycles. The Kier molecular flexibility index (Phi) is 8.61. The van der Waals surface area contributed by atoms with Crippen LogP contribution in [-0.4, -0.2) is 48.4 Å². The summed E-state index contributed by atoms with van der Waals surface area (Å²) in [5.74, 6) is -0.611. The summed E-state index contributed by atoms with van der Waals surface area (Å²) in [4.78, 5) is 41.1. The molecule has 0 aliphatic carbocycles. The molecule has 3 amide bonds. The molecule has 1 aliphatic rings. The molecule has 2 atom stereocenters. The first kappa shape index (κ1) is 23.0. The largest absolute Gasteiger partial charge is 0.382 e. The molecular formula is C23H29N3O4S. The van der Waals surface area contributed by atoms with Gasteiger partial charge in [0.25, 0.3) is 0 Å². The van der Waals surface area contributed by atoms with E-state index in [2.05, 4.69) is 10.6 Å². The summed E-state index contributed by atoms with van der Waals surface area (Å²) >= 11 is 1.53. The number of amides is 3. The van der Waals surface area contributed by atoms with Crippen molar-refractivity contribution in [3.05, 3.63) is 58.3 Å². The van der Waals surface area contributed by atoms with Crippen molar-refractivity contribution in [1.82, 2.24) is 15.5 Å². The fourth-order valence-electron chi connectivity index (χ4n) is 3.60. The number of thiophene rings is 1. The Morgan fingerprint density at radius 3 is 2.71 bits per heavy atom. The van der Waals surface area contributed by atoms with Crippen LogP contribution in [0.1, 0.15) is 42.7 Å². The second-order valence-corrected chi connectivity index (χ2v) is 8.39. The van der Waals surface area contributed by atoms with Gasteiger partial charge in [0.15, 0.2) is 0 Å². The Morgan fingerprint density at radius 2 is 2.06 bits per heavy atom. The average molecular weight is 444 g/mol. The fourth-order valence-corrected chi connectivity index (χ4v) is 4.30. The Balaban J connectivity index is 1.85. The summed E-state index contributed by atoms with van der Waals surface area (Å²) < 4.78 is 5.34. The van der Waals surface area contributed by atoms with Crippen molar-refractivity contribution in [2.75, 3.05) is 19.8 Å². The van der Waals surface area contributed by atoms with Crippen LogP contribution in [0.15, 0.2) is 47.8 Å². The van der Waals surface area contributed by atoms with E-state index in [1.807, 2.05) is 54.8 Å². The third-order valence-electron chi connectivity index (χ3n) is 5.13. The van der Waals surface area contributed by atoms with Gasteiger partial charge in [0.1, 0.15) is 12.1 Å². The average Bonchev–Trinajstić information content (AvgIpc) is 3.45. The normalized spacial score (nSPS) is 16.5. The minimum atomic E-state index is -0.791. The van der Waals surface area contributed by atoms with Crippen LogP contribution in [0.3, 0.4) is 0 Å². The number of ether oxygens (including phenoxy) is 1. The molecule has 1 aromatic heterocycles. The molecular weight excluding hydrogens is 414 g/mol. The second-order valence-electron chi connectivity index (χ2n) is 7.36. The molecule has 3 rings (SSSR count). The number of rotatable bonds is 11. The minimum Gasteiger partial charge on any atom is -0.382 e. The molecule has 0 saturated carbocycles. The van der Waals surface area contributed by atoms with Gasteiger partial charge in [-0.2, -0.15) is 0 Å². The number of hydrogen-bond acceptors (Lipinski definition) is 5. The number of benzene rings is 1. The van der Waals surface area contributed by atoms with Crippen molar-refractivity contribution in [3.63, 3.8) is 0 Å². The summed E-state index contributed by atoms with van der Waals surface area (Å²) in [5.41, 5.74) is 0.735. The van der Waals surface area contributed by atoms with Crippen molar-refractivity contribution in [3.8, 4) is 0 Å². The standard InChI is InChI=1S/C23H29N3O4S/c1-2-30-14-7-13-24-22(28)21(17-8-4-3-5-9-17)26(16-18-10-6-15-31-18)23(29)19-11-12-20(27)25-19/h3-6,8-10,15,19,21H,2,7,11-14,16H2,1H3,(H,24,28)(H,25,27)/t19-,21+/m0/s1. The Morgan fingerprint density at radius 1 is 1.26 bits per heavy atom. The summed E-state index contributed by atoms with van der Waals surface area (Å²) in [6.07, 6.45) is 1.46. The zero-order valence-electron chi connectivity index (χ0n) is 17.7. The molecule has 2 N–H and O–H groups in total. The second kappa shape index (κ2) is 11.6. The van der Waals surface area contributed by atoms with E-state index in [1.54, 1.807) is 4.90 Å². The minimum absolute atomic E-state index is 0.133. The van der Waals surface area contributed by atoms with Gasteiger partial charge in [0.05, 0.1) is 6.54 Å². The van der Waals surface area contributed by atoms with E-state index >= 15 is 0 Å². The quantitative estimate of drug-likeness (QED) is 0.523. The van der Waals surface area contributed by atoms with Crippen LogP contribution in [0.5, 0.6) is 0 Å². The maximum atomic E-state index is 13.5. The van der Waals surface area contributed by atoms with E-state index in [1.165, 1.54) is 11.3 Å². The molecule has 1 aliphatic heterocycles. The zero-order valence-corrected chi connectivity index (χ0v) is 18.5. The number of hydrogen-bond donors (Lipinski definition) is 2. The van der Waals surface area contributed by atoms with Crippen LogP contribution < -0.4 is 10.6 Å². The number of carbonyl (C=O) groups is 3. The Labute approximate surface area is 186 Å². The SMILES string of the molecule is CCOCCCNC(=O)[C@@H](c1ccccc1)N(Cc1cccs1)C(=O)[C@@H]1CCC(=O)N1. The van der Waals surface area contributed by atoms with E-state index in [9.17, 15) is 14.4 Å². The van der Waals surface area contributed by atoms with Crippen LogP contribution in [0.4, 0.5) is 0 Å². The van der Waals surface area contributed by atoms with E-state index in [0.29, 0.717) is 45.6 Å². The Bertz CT molecular complexity index is 857. The molecule has 0 spiro atoms. The molecule has 1 fully saturated rings. The lowest BCUT2D eigenvalue weighted by molar-refractivity contribution is -0.143. The lowest BCUT2D eigenvalue weighted by Crippen LogP contribution is -2.49. The van der Waals surface area contributed by atoms with E-state index < -0.39 is 12.1 Å². The van der Waals surface area contributed by atoms with Crippen LogP contribution in [0.25, 0.3) is 0 Å². The van der Waals surface area contributed by atoms with Crippen molar-refractivity contribution >= 4 is 29.1 Å². The van der Waals surface area contributed by atoms with Crippen molar-refractivity contribution in [2.24, 2.45) is 0 Å². The van der Waals surface area contributed by atoms with Gasteiger partial charge >= 0.3 is 0 Å². The monoisotopic (exact) mass is 443 g/mol. The van der Waals surface area contributed by atoms with Crippen molar-refractivity contribution < 1.29 is 19.1 Å². The lowest BCUT2D eigenvalue weighted by Gasteiger charge is -2.33. The van der Waals surface area contributed by atoms with Gasteiger partial charge in [-0.3, -0.25) is 14.4 Å². The number of carbonyl (C=O) groups excluding carboxylic acids is 3. The number of nitrogens with one attached hydrogen (secondary N) is 2. The van der Waals surface area contributed by atoms with Crippen LogP contribution in [0, 0.1) is 0 Å². The predicted molar refractivity (Wildman–Crippen MR) is 119 cm³/mol. The molecule has 7 nitrogen and oxygen atoms in total. The predicted octanol–water partition coefficient (Wildman–Crippen LogP) is 2.64. The van der Waals surface area contributed by atoms with Crippen molar-refractivity contribution in [1.29, 1.82) is 0 Å². The summed E-state index contributed by atoms with van der Waals surface area (Å²) in [6, 6.07) is 11.8. The third-order valence-corrected chi connectivity index (χ3v) is 5.99. The highest BCUT2D eigenvalue weighted by Gasteiger charge is 2.37. The molecule has 0 unspecified atom stereocenters. The van der Waals surface area contributed by atoms with Crippen molar-refractivity contribution in [2.45, 2.75) is 44.8 Å². The fraction of sp³-hybridized carbons (Fsp3) is 0.435. The summed E-state index contributed by atoms with van der Waals surface area (Å²) in [7, 11) is 0. The maximum Gasteiger partial charge on any atom is 0.247 e. The van der Waals surface area contributed by atoms with Gasteiger partial charge in [-0.15, -0.1) is 11.3 Å². The van der Waals surface area contributed by atoms with E-state index in [0.717, 1.165) is 10.4 Å². The summed E-state index contributed by atoms with van der Waals surface area (Å²) in [5, 5.41) is 7.65. The zero-order chi connectivity index (χ0) is 22.1. The molecule has 2 heterocycles. The molecule has 0 radical (unpaired) electrons. The highest BCUT2D eigenvalue weighted by atomic mass is 32.1. The first-order chi connectivity index (χ1) is 15.1. The first-order valence-electron chi connectivity index (χ1n) is 10.6. The Hall–Kier alpha value is -2.71. The maximum absolute atomic E-state index is 13.5. The smallest absolute Gasteiger partial charge is 0.247 e. The van der Waals surface area contributed by atoms with E-state index in [-0.39, 0.29) is 17.7 Å². The van der Waals surface area contributed by atoms with Gasteiger partial charge in [-0.1, -0.05) is 36.4 Å². The third kappa shape index (κ3) is 6.38. The highest BCUT2D eigenvalue weighted by molar-refractivity contribution is 7.09. The number of nitrogens with zero attached hydrogens (tertiary/aromatic N) is 1. The van der Waals surface area contributed by atoms with Gasteiger partial charge in [-0.25, -0.2) is 0 Å². The summed E-state index contributed by atoms with van der Waals surface area (Å²) in [6.45, 7) is 3.90. The van der Waals surface area contributed by atoms with Crippen LogP contribution in [0.2, 0.25) is 0 Å². The van der Waals surface area contributed by atoms with E-state index in [4.69, 9.17) is 4.74 Å². The molecule has 0 bridgehead atoms. The topological polar surface area (TPSA) is 87.7 Å². The molecule has 1 aromatic carbocycles. The molecule has 2 aromatic rings. The van der Waals surface area contributed by atoms with Crippen LogP contribution in [-0.2, 0) is 25.7 Å². The first-order valence-corrected chi connectivity index (χ1v) is 11.5. The molecule has 8 heteroatoms. The van der Waals surface area contributed by atoms with Gasteiger partial charge in [0.2, 0.25) is 17.7 Å². The van der Waals surface area contributed by atoms with Gasteiger partial charge in [-0.05, 0) is 36.8 Å². The molecule has 31 heavy (non-hydrogen) atoms. The van der Waals surface area contributed by atoms with Crippen LogP contribution >= 0.6 is 11.3 Å². The van der Waals surface area contributed by atoms with Gasteiger partial charge < -0.3 is 20.3 Å². The molecule has 166 valence electrons. The lowest BCUT2D eigenvalue weighted by atomic mass is 10.0.